The van der Waals surface area contributed by atoms with E-state index < -0.39 is 10.0 Å². The molecule has 0 aliphatic carbocycles. The van der Waals surface area contributed by atoms with Crippen LogP contribution in [0.4, 0.5) is 5.69 Å². The van der Waals surface area contributed by atoms with Crippen molar-refractivity contribution in [2.75, 3.05) is 4.72 Å². The molecule has 6 nitrogen and oxygen atoms in total. The van der Waals surface area contributed by atoms with Crippen LogP contribution in [0, 0.1) is 0 Å². The summed E-state index contributed by atoms with van der Waals surface area (Å²) in [6.45, 7) is 0. The van der Waals surface area contributed by atoms with Crippen LogP contribution in [0.15, 0.2) is 27.8 Å². The molecule has 0 aliphatic heterocycles. The quantitative estimate of drug-likeness (QED) is 0.880. The Morgan fingerprint density at radius 2 is 1.89 bits per heavy atom. The minimum atomic E-state index is -3.90. The minimum Gasteiger partial charge on any atom is -0.275 e. The van der Waals surface area contributed by atoms with E-state index in [1.807, 2.05) is 0 Å². The van der Waals surface area contributed by atoms with E-state index in [9.17, 15) is 8.42 Å². The zero-order valence-corrected chi connectivity index (χ0v) is 13.3. The first-order valence-corrected chi connectivity index (χ1v) is 7.88. The van der Waals surface area contributed by atoms with E-state index in [-0.39, 0.29) is 25.4 Å². The molecule has 0 spiro atoms. The normalized spacial score (nSPS) is 11.6. The van der Waals surface area contributed by atoms with Crippen molar-refractivity contribution in [2.45, 2.75) is 5.03 Å². The highest BCUT2D eigenvalue weighted by molar-refractivity contribution is 9.10. The topological polar surface area (TPSA) is 76.9 Å². The summed E-state index contributed by atoms with van der Waals surface area (Å²) in [5, 5.41) is 7.49. The smallest absolute Gasteiger partial charge is 0.275 e. The molecule has 10 heteroatoms. The molecule has 1 N–H and O–H groups in total. The highest BCUT2D eigenvalue weighted by Crippen LogP contribution is 2.32. The molecule has 19 heavy (non-hydrogen) atoms. The van der Waals surface area contributed by atoms with Gasteiger partial charge >= 0.3 is 0 Å². The van der Waals surface area contributed by atoms with Gasteiger partial charge in [0.25, 0.3) is 10.0 Å². The van der Waals surface area contributed by atoms with Crippen LogP contribution in [-0.2, 0) is 17.1 Å². The van der Waals surface area contributed by atoms with Crippen molar-refractivity contribution in [1.29, 1.82) is 0 Å². The van der Waals surface area contributed by atoms with Gasteiger partial charge in [-0.05, 0) is 28.1 Å². The van der Waals surface area contributed by atoms with Gasteiger partial charge < -0.3 is 0 Å². The Hall–Kier alpha value is -0.830. The fourth-order valence-corrected chi connectivity index (χ4v) is 4.19. The number of sulfonamides is 1. The molecule has 1 aromatic carbocycles. The SMILES string of the molecule is Cn1nnc(Br)c1S(=O)(=O)Nc1c(Cl)cccc1Cl. The van der Waals surface area contributed by atoms with Gasteiger partial charge in [-0.15, -0.1) is 5.10 Å². The Bertz CT molecular complexity index is 692. The van der Waals surface area contributed by atoms with Crippen LogP contribution in [0.25, 0.3) is 0 Å². The standard InChI is InChI=1S/C9H7BrCl2N4O2S/c1-16-9(8(10)13-15-16)19(17,18)14-7-5(11)3-2-4-6(7)12/h2-4,14H,1H3. The highest BCUT2D eigenvalue weighted by Gasteiger charge is 2.25. The van der Waals surface area contributed by atoms with Crippen LogP contribution in [-0.4, -0.2) is 23.4 Å². The summed E-state index contributed by atoms with van der Waals surface area (Å²) in [6.07, 6.45) is 0. The van der Waals surface area contributed by atoms with Crippen LogP contribution in [0.1, 0.15) is 0 Å². The molecule has 0 saturated carbocycles. The molecule has 0 unspecified atom stereocenters. The predicted molar refractivity (Wildman–Crippen MR) is 76.0 cm³/mol. The maximum absolute atomic E-state index is 12.2. The second-order valence-corrected chi connectivity index (χ2v) is 6.67. The lowest BCUT2D eigenvalue weighted by molar-refractivity contribution is 0.578. The van der Waals surface area contributed by atoms with E-state index in [2.05, 4.69) is 31.0 Å². The largest absolute Gasteiger partial charge is 0.282 e. The molecule has 0 radical (unpaired) electrons. The van der Waals surface area contributed by atoms with Crippen LogP contribution in [0.5, 0.6) is 0 Å². The number of aryl methyl sites for hydroxylation is 1. The fourth-order valence-electron chi connectivity index (χ4n) is 1.39. The summed E-state index contributed by atoms with van der Waals surface area (Å²) in [5.74, 6) is 0. The lowest BCUT2D eigenvalue weighted by atomic mass is 10.3. The Labute approximate surface area is 127 Å². The molecular formula is C9H7BrCl2N4O2S. The lowest BCUT2D eigenvalue weighted by Gasteiger charge is -2.10. The Balaban J connectivity index is 2.49. The molecule has 2 aromatic rings. The molecular weight excluding hydrogens is 379 g/mol. The number of benzene rings is 1. The molecule has 0 bridgehead atoms. The van der Waals surface area contributed by atoms with E-state index in [1.165, 1.54) is 19.2 Å². The summed E-state index contributed by atoms with van der Waals surface area (Å²) in [7, 11) is -2.45. The monoisotopic (exact) mass is 384 g/mol. The van der Waals surface area contributed by atoms with Crippen LogP contribution < -0.4 is 4.72 Å². The molecule has 102 valence electrons. The molecule has 1 heterocycles. The number of nitrogens with zero attached hydrogens (tertiary/aromatic N) is 3. The van der Waals surface area contributed by atoms with Gasteiger partial charge in [-0.1, -0.05) is 34.5 Å². The first kappa shape index (κ1) is 14.6. The van der Waals surface area contributed by atoms with Crippen molar-refractivity contribution in [3.8, 4) is 0 Å². The van der Waals surface area contributed by atoms with Crippen molar-refractivity contribution in [3.63, 3.8) is 0 Å². The van der Waals surface area contributed by atoms with Gasteiger partial charge in [0.1, 0.15) is 0 Å². The third kappa shape index (κ3) is 2.86. The zero-order chi connectivity index (χ0) is 14.2. The first-order chi connectivity index (χ1) is 8.83. The van der Waals surface area contributed by atoms with Gasteiger partial charge in [0, 0.05) is 7.05 Å². The third-order valence-corrected chi connectivity index (χ3v) is 5.06. The van der Waals surface area contributed by atoms with Gasteiger partial charge in [0.05, 0.1) is 15.7 Å². The Kier molecular flexibility index (Phi) is 4.05. The second kappa shape index (κ2) is 5.28. The molecule has 0 aliphatic rings. The Morgan fingerprint density at radius 1 is 1.32 bits per heavy atom. The number of anilines is 1. The number of para-hydroxylation sites is 1. The van der Waals surface area contributed by atoms with E-state index in [0.717, 1.165) is 4.68 Å². The zero-order valence-electron chi connectivity index (χ0n) is 9.43. The van der Waals surface area contributed by atoms with Crippen molar-refractivity contribution < 1.29 is 8.42 Å². The molecule has 1 aromatic heterocycles. The average molecular weight is 386 g/mol. The van der Waals surface area contributed by atoms with E-state index in [1.54, 1.807) is 6.07 Å². The summed E-state index contributed by atoms with van der Waals surface area (Å²) in [6, 6.07) is 4.67. The molecule has 0 amide bonds. The van der Waals surface area contributed by atoms with Gasteiger partial charge in [0.15, 0.2) is 4.60 Å². The van der Waals surface area contributed by atoms with E-state index in [0.29, 0.717) is 0 Å². The summed E-state index contributed by atoms with van der Waals surface area (Å²) >= 11 is 14.9. The molecule has 0 atom stereocenters. The highest BCUT2D eigenvalue weighted by atomic mass is 79.9. The van der Waals surface area contributed by atoms with Gasteiger partial charge in [-0.2, -0.15) is 8.42 Å². The van der Waals surface area contributed by atoms with Crippen LogP contribution in [0.3, 0.4) is 0 Å². The Morgan fingerprint density at radius 3 is 2.37 bits per heavy atom. The van der Waals surface area contributed by atoms with Gasteiger partial charge in [-0.25, -0.2) is 4.68 Å². The number of halogens is 3. The summed E-state index contributed by atoms with van der Waals surface area (Å²) in [5.41, 5.74) is 0.110. The summed E-state index contributed by atoms with van der Waals surface area (Å²) < 4.78 is 28.0. The fraction of sp³-hybridized carbons (Fsp3) is 0.111. The summed E-state index contributed by atoms with van der Waals surface area (Å²) in [4.78, 5) is 0. The number of aromatic nitrogens is 3. The minimum absolute atomic E-state index is 0.102. The number of rotatable bonds is 3. The third-order valence-electron chi connectivity index (χ3n) is 2.19. The lowest BCUT2D eigenvalue weighted by Crippen LogP contribution is -2.17. The van der Waals surface area contributed by atoms with Crippen LogP contribution in [0.2, 0.25) is 10.0 Å². The van der Waals surface area contributed by atoms with Crippen molar-refractivity contribution in [3.05, 3.63) is 32.8 Å². The maximum Gasteiger partial charge on any atom is 0.282 e. The maximum atomic E-state index is 12.2. The van der Waals surface area contributed by atoms with E-state index >= 15 is 0 Å². The van der Waals surface area contributed by atoms with Gasteiger partial charge in [0.2, 0.25) is 5.03 Å². The second-order valence-electron chi connectivity index (χ2n) is 3.51. The van der Waals surface area contributed by atoms with Gasteiger partial charge in [-0.3, -0.25) is 4.72 Å². The van der Waals surface area contributed by atoms with Crippen molar-refractivity contribution in [2.24, 2.45) is 7.05 Å². The van der Waals surface area contributed by atoms with Crippen molar-refractivity contribution >= 4 is 54.8 Å². The number of nitrogens with one attached hydrogen (secondary N) is 1. The number of hydrogen-bond donors (Lipinski definition) is 1. The molecule has 0 saturated heterocycles. The van der Waals surface area contributed by atoms with Crippen LogP contribution >= 0.6 is 39.1 Å². The van der Waals surface area contributed by atoms with Crippen molar-refractivity contribution in [1.82, 2.24) is 15.0 Å². The molecule has 0 fully saturated rings. The predicted octanol–water partition coefficient (Wildman–Crippen LogP) is 2.69. The average Bonchev–Trinajstić information content (AvgIpc) is 2.64. The number of hydrogen-bond acceptors (Lipinski definition) is 4. The first-order valence-electron chi connectivity index (χ1n) is 4.85. The molecule has 2 rings (SSSR count). The van der Waals surface area contributed by atoms with E-state index in [4.69, 9.17) is 23.2 Å².